The smallest absolute Gasteiger partial charge is 0.191 e. The topological polar surface area (TPSA) is 109 Å². The molecule has 0 atom stereocenters. The zero-order valence-electron chi connectivity index (χ0n) is 16.2. The second-order valence-electron chi connectivity index (χ2n) is 7.08. The molecule has 0 aliphatic carbocycles. The number of anilines is 1. The van der Waals surface area contributed by atoms with Gasteiger partial charge >= 0.3 is 0 Å². The van der Waals surface area contributed by atoms with Gasteiger partial charge in [-0.25, -0.2) is 4.68 Å². The lowest BCUT2D eigenvalue weighted by molar-refractivity contribution is 0.277. The third-order valence-electron chi connectivity index (χ3n) is 5.06. The molecule has 1 aliphatic heterocycles. The summed E-state index contributed by atoms with van der Waals surface area (Å²) in [5.41, 5.74) is 14.2. The predicted octanol–water partition coefficient (Wildman–Crippen LogP) is 2.92. The van der Waals surface area contributed by atoms with Gasteiger partial charge in [-0.15, -0.1) is 24.0 Å². The Morgan fingerprint density at radius 2 is 1.96 bits per heavy atom. The second kappa shape index (κ2) is 10.3. The second-order valence-corrected chi connectivity index (χ2v) is 7.08. The lowest BCUT2D eigenvalue weighted by atomic mass is 10.00. The minimum atomic E-state index is 0. The van der Waals surface area contributed by atoms with Gasteiger partial charge in [0.25, 0.3) is 0 Å². The molecule has 3 rings (SSSR count). The van der Waals surface area contributed by atoms with Crippen LogP contribution in [0.25, 0.3) is 5.69 Å². The van der Waals surface area contributed by atoms with Gasteiger partial charge in [-0.3, -0.25) is 4.99 Å². The number of aliphatic imine (C=N–C) groups is 1. The van der Waals surface area contributed by atoms with Crippen LogP contribution < -0.4 is 11.5 Å². The number of nitrogens with two attached hydrogens (primary N) is 2. The summed E-state index contributed by atoms with van der Waals surface area (Å²) in [5, 5.41) is 14.0. The molecule has 0 bridgehead atoms. The lowest BCUT2D eigenvalue weighted by Crippen LogP contribution is -2.42. The van der Waals surface area contributed by atoms with E-state index in [9.17, 15) is 5.26 Å². The number of benzene rings is 1. The zero-order chi connectivity index (χ0) is 19.2. The molecule has 1 aromatic carbocycles. The highest BCUT2D eigenvalue weighted by Gasteiger charge is 2.18. The summed E-state index contributed by atoms with van der Waals surface area (Å²) in [6.45, 7) is 4.85. The van der Waals surface area contributed by atoms with E-state index in [0.717, 1.165) is 44.0 Å². The van der Waals surface area contributed by atoms with E-state index in [2.05, 4.69) is 28.0 Å². The summed E-state index contributed by atoms with van der Waals surface area (Å²) in [7, 11) is 0. The average molecular weight is 493 g/mol. The number of aryl methyl sites for hydroxylation is 1. The van der Waals surface area contributed by atoms with Crippen molar-refractivity contribution in [2.45, 2.75) is 32.6 Å². The minimum absolute atomic E-state index is 0. The first kappa shape index (κ1) is 22.0. The third kappa shape index (κ3) is 5.16. The number of hydrogen-bond donors (Lipinski definition) is 2. The number of guanidine groups is 1. The van der Waals surface area contributed by atoms with Gasteiger partial charge in [0, 0.05) is 19.6 Å². The maximum Gasteiger partial charge on any atom is 0.191 e. The number of halogens is 1. The summed E-state index contributed by atoms with van der Waals surface area (Å²) in [6, 6.07) is 11.8. The van der Waals surface area contributed by atoms with E-state index in [1.165, 1.54) is 0 Å². The molecular formula is C20H28IN7. The number of piperidine rings is 1. The number of rotatable bonds is 5. The number of nitriles is 1. The molecule has 1 fully saturated rings. The van der Waals surface area contributed by atoms with Gasteiger partial charge < -0.3 is 16.4 Å². The molecule has 4 N–H and O–H groups in total. The maximum atomic E-state index is 9.46. The van der Waals surface area contributed by atoms with Crippen LogP contribution in [0.2, 0.25) is 0 Å². The largest absolute Gasteiger partial charge is 0.382 e. The monoisotopic (exact) mass is 493 g/mol. The average Bonchev–Trinajstić information content (AvgIpc) is 3.01. The fourth-order valence-corrected chi connectivity index (χ4v) is 3.32. The molecule has 2 aromatic rings. The molecule has 1 aromatic heterocycles. The normalized spacial score (nSPS) is 15.1. The molecule has 0 unspecified atom stereocenters. The number of nitrogens with zero attached hydrogens (tertiary/aromatic N) is 5. The van der Waals surface area contributed by atoms with E-state index in [1.54, 1.807) is 4.68 Å². The van der Waals surface area contributed by atoms with Gasteiger partial charge in [0.15, 0.2) is 5.96 Å². The Morgan fingerprint density at radius 3 is 2.61 bits per heavy atom. The molecule has 150 valence electrons. The van der Waals surface area contributed by atoms with Crippen LogP contribution in [0.3, 0.4) is 0 Å². The highest BCUT2D eigenvalue weighted by molar-refractivity contribution is 14.0. The van der Waals surface area contributed by atoms with Crippen molar-refractivity contribution in [3.05, 3.63) is 41.6 Å². The number of aromatic nitrogens is 2. The van der Waals surface area contributed by atoms with Gasteiger partial charge in [-0.2, -0.15) is 10.4 Å². The van der Waals surface area contributed by atoms with Gasteiger partial charge in [0.2, 0.25) is 0 Å². The number of hydrogen-bond acceptors (Lipinski definition) is 4. The highest BCUT2D eigenvalue weighted by atomic mass is 127. The molecule has 1 aliphatic rings. The molecule has 0 radical (unpaired) electrons. The fourth-order valence-electron chi connectivity index (χ4n) is 3.32. The van der Waals surface area contributed by atoms with Gasteiger partial charge in [-0.05, 0) is 43.7 Å². The molecule has 0 saturated carbocycles. The summed E-state index contributed by atoms with van der Waals surface area (Å²) in [5.74, 6) is 1.77. The zero-order valence-corrected chi connectivity index (χ0v) is 18.5. The lowest BCUT2D eigenvalue weighted by Gasteiger charge is -2.31. The van der Waals surface area contributed by atoms with Crippen LogP contribution in [0.15, 0.2) is 35.3 Å². The van der Waals surface area contributed by atoms with Crippen molar-refractivity contribution in [2.24, 2.45) is 16.6 Å². The van der Waals surface area contributed by atoms with Crippen LogP contribution in [-0.4, -0.2) is 40.3 Å². The van der Waals surface area contributed by atoms with Crippen LogP contribution in [0.1, 0.15) is 37.4 Å². The molecule has 1 saturated heterocycles. The fraction of sp³-hybridized carbons (Fsp3) is 0.450. The first-order valence-corrected chi connectivity index (χ1v) is 9.48. The van der Waals surface area contributed by atoms with Crippen LogP contribution >= 0.6 is 24.0 Å². The Kier molecular flexibility index (Phi) is 8.11. The van der Waals surface area contributed by atoms with Crippen molar-refractivity contribution in [1.29, 1.82) is 5.26 Å². The Morgan fingerprint density at radius 1 is 1.29 bits per heavy atom. The Balaban J connectivity index is 0.00000280. The Hall–Kier alpha value is -2.28. The van der Waals surface area contributed by atoms with Crippen LogP contribution in [0, 0.1) is 17.2 Å². The summed E-state index contributed by atoms with van der Waals surface area (Å²) >= 11 is 0. The third-order valence-corrected chi connectivity index (χ3v) is 5.06. The highest BCUT2D eigenvalue weighted by Crippen LogP contribution is 2.21. The SMILES string of the molecule is CC1CCN(C(N)=NCCCc2nn(-c3ccccc3)c(N)c2C#N)CC1.I. The van der Waals surface area contributed by atoms with E-state index in [1.807, 2.05) is 30.3 Å². The van der Waals surface area contributed by atoms with Crippen molar-refractivity contribution in [3.63, 3.8) is 0 Å². The first-order valence-electron chi connectivity index (χ1n) is 9.48. The molecule has 7 nitrogen and oxygen atoms in total. The standard InChI is InChI=1S/C20H27N7.HI/c1-15-9-12-26(13-10-15)20(23)24-11-5-8-18-17(14-21)19(22)27(25-18)16-6-3-2-4-7-16;/h2-4,6-7,15H,5,8-13,22H2,1H3,(H2,23,24);1H. The van der Waals surface area contributed by atoms with E-state index in [4.69, 9.17) is 11.5 Å². The van der Waals surface area contributed by atoms with Crippen molar-refractivity contribution in [2.75, 3.05) is 25.4 Å². The molecule has 8 heteroatoms. The summed E-state index contributed by atoms with van der Waals surface area (Å²) < 4.78 is 1.63. The Labute approximate surface area is 183 Å². The number of para-hydroxylation sites is 1. The van der Waals surface area contributed by atoms with Crippen LogP contribution in [0.5, 0.6) is 0 Å². The van der Waals surface area contributed by atoms with Gasteiger partial charge in [0.1, 0.15) is 17.5 Å². The van der Waals surface area contributed by atoms with Crippen molar-refractivity contribution < 1.29 is 0 Å². The summed E-state index contributed by atoms with van der Waals surface area (Å²) in [6.07, 6.45) is 3.74. The van der Waals surface area contributed by atoms with Crippen LogP contribution in [0.4, 0.5) is 5.82 Å². The molecule has 0 spiro atoms. The van der Waals surface area contributed by atoms with E-state index >= 15 is 0 Å². The quantitative estimate of drug-likeness (QED) is 0.288. The van der Waals surface area contributed by atoms with E-state index < -0.39 is 0 Å². The first-order chi connectivity index (χ1) is 13.1. The van der Waals surface area contributed by atoms with Crippen molar-refractivity contribution >= 4 is 35.8 Å². The van der Waals surface area contributed by atoms with E-state index in [0.29, 0.717) is 36.0 Å². The number of nitrogen functional groups attached to an aromatic ring is 1. The minimum Gasteiger partial charge on any atom is -0.382 e. The van der Waals surface area contributed by atoms with Gasteiger partial charge in [0.05, 0.1) is 11.4 Å². The summed E-state index contributed by atoms with van der Waals surface area (Å²) in [4.78, 5) is 6.66. The van der Waals surface area contributed by atoms with Crippen LogP contribution in [-0.2, 0) is 6.42 Å². The predicted molar refractivity (Wildman–Crippen MR) is 123 cm³/mol. The molecular weight excluding hydrogens is 465 g/mol. The maximum absolute atomic E-state index is 9.46. The van der Waals surface area contributed by atoms with Crippen molar-refractivity contribution in [3.8, 4) is 11.8 Å². The Bertz CT molecular complexity index is 830. The number of likely N-dealkylation sites (tertiary alicyclic amines) is 1. The van der Waals surface area contributed by atoms with Crippen molar-refractivity contribution in [1.82, 2.24) is 14.7 Å². The molecule has 2 heterocycles. The molecule has 0 amide bonds. The van der Waals surface area contributed by atoms with Gasteiger partial charge in [-0.1, -0.05) is 25.1 Å². The molecule has 28 heavy (non-hydrogen) atoms. The van der Waals surface area contributed by atoms with E-state index in [-0.39, 0.29) is 24.0 Å².